The molecule has 0 fully saturated rings. The number of halogens is 1. The number of hydrogen-bond acceptors (Lipinski definition) is 11. The van der Waals surface area contributed by atoms with Gasteiger partial charge in [-0.25, -0.2) is 0 Å². The predicted octanol–water partition coefficient (Wildman–Crippen LogP) is -2.82. The SMILES string of the molecule is O=[PH]([O-])O[PH](=O)[O-].O=[PH]([O-])O[PH](=O)[O-].OCCl.[Hf+4]. The van der Waals surface area contributed by atoms with Crippen LogP contribution in [0.25, 0.3) is 0 Å². The van der Waals surface area contributed by atoms with Gasteiger partial charge < -0.3 is 42.9 Å². The van der Waals surface area contributed by atoms with Gasteiger partial charge in [0, 0.05) is 0 Å². The van der Waals surface area contributed by atoms with E-state index in [1.54, 1.807) is 0 Å². The quantitative estimate of drug-likeness (QED) is 0.222. The topological polar surface area (TPSA) is 199 Å². The summed E-state index contributed by atoms with van der Waals surface area (Å²) in [6.45, 7) is 0. The molecule has 0 radical (unpaired) electrons. The van der Waals surface area contributed by atoms with Crippen molar-refractivity contribution in [2.24, 2.45) is 0 Å². The number of alkyl halides is 1. The molecule has 0 saturated heterocycles. The summed E-state index contributed by atoms with van der Waals surface area (Å²) in [6.07, 6.45) is 0. The van der Waals surface area contributed by atoms with Crippen LogP contribution in [0.1, 0.15) is 0 Å². The zero-order valence-electron chi connectivity index (χ0n) is 8.11. The van der Waals surface area contributed by atoms with Crippen molar-refractivity contribution in [1.82, 2.24) is 0 Å². The van der Waals surface area contributed by atoms with E-state index in [0.717, 1.165) is 0 Å². The molecule has 0 bridgehead atoms. The standard InChI is InChI=1S/CH3ClO.Hf.2H4O5P2/c2-1-3;;2*1-6(2)5-7(3)4/h3H,1H2;;2*6-7H,(H,1,2)(H,3,4)/q;+4;;/p-4. The van der Waals surface area contributed by atoms with Crippen LogP contribution in [0.5, 0.6) is 0 Å². The van der Waals surface area contributed by atoms with Crippen LogP contribution < -0.4 is 19.6 Å². The molecule has 0 aliphatic heterocycles. The average molecular weight is 533 g/mol. The molecule has 0 heterocycles. The minimum absolute atomic E-state index is 0. The summed E-state index contributed by atoms with van der Waals surface area (Å²) in [4.78, 5) is 37.1. The Labute approximate surface area is 128 Å². The van der Waals surface area contributed by atoms with E-state index in [4.69, 9.17) is 5.11 Å². The Bertz CT molecular complexity index is 220. The fourth-order valence-corrected chi connectivity index (χ4v) is 1.22. The summed E-state index contributed by atoms with van der Waals surface area (Å²) >= 11 is 4.55. The zero-order valence-corrected chi connectivity index (χ0v) is 16.5. The van der Waals surface area contributed by atoms with Gasteiger partial charge >= 0.3 is 25.8 Å². The maximum atomic E-state index is 9.29. The fourth-order valence-electron chi connectivity index (χ4n) is 0.136. The van der Waals surface area contributed by atoms with Gasteiger partial charge in [0.1, 0.15) is 39.1 Å². The molecule has 0 rings (SSSR count). The molecule has 4 unspecified atom stereocenters. The van der Waals surface area contributed by atoms with E-state index < -0.39 is 33.0 Å². The van der Waals surface area contributed by atoms with Crippen LogP contribution >= 0.6 is 44.6 Å². The summed E-state index contributed by atoms with van der Waals surface area (Å²) in [6, 6.07) is -0.278. The first-order chi connectivity index (χ1) is 7.67. The largest absolute Gasteiger partial charge is 4.00 e. The Balaban J connectivity index is -0.0000000857. The van der Waals surface area contributed by atoms with Crippen LogP contribution in [0.4, 0.5) is 0 Å². The van der Waals surface area contributed by atoms with Gasteiger partial charge in [-0.15, -0.1) is 0 Å². The normalized spacial score (nSPS) is 15.4. The monoisotopic (exact) mass is 534 g/mol. The van der Waals surface area contributed by atoms with Crippen molar-refractivity contribution in [2.45, 2.75) is 0 Å². The Morgan fingerprint density at radius 1 is 0.833 bits per heavy atom. The molecule has 18 heavy (non-hydrogen) atoms. The van der Waals surface area contributed by atoms with Gasteiger partial charge in [0.05, 0.1) is 0 Å². The molecule has 0 aliphatic carbocycles. The third-order valence-corrected chi connectivity index (χ3v) is 3.00. The Hall–Kier alpha value is 1.80. The third-order valence-electron chi connectivity index (χ3n) is 0.333. The minimum Gasteiger partial charge on any atom is -0.781 e. The molecule has 0 amide bonds. The second-order valence-electron chi connectivity index (χ2n) is 1.32. The third kappa shape index (κ3) is 52.3. The summed E-state index contributed by atoms with van der Waals surface area (Å²) in [7, 11) is -14.1. The predicted molar refractivity (Wildman–Crippen MR) is 51.1 cm³/mol. The van der Waals surface area contributed by atoms with E-state index in [-0.39, 0.29) is 31.9 Å². The maximum absolute atomic E-state index is 9.29. The van der Waals surface area contributed by atoms with E-state index in [9.17, 15) is 37.8 Å². The van der Waals surface area contributed by atoms with E-state index in [2.05, 4.69) is 20.2 Å². The van der Waals surface area contributed by atoms with Crippen molar-refractivity contribution in [2.75, 3.05) is 6.07 Å². The number of aliphatic hydroxyl groups excluding tert-OH is 1. The van der Waals surface area contributed by atoms with Gasteiger partial charge in [0.15, 0.2) is 0 Å². The Morgan fingerprint density at radius 3 is 0.944 bits per heavy atom. The van der Waals surface area contributed by atoms with Gasteiger partial charge in [-0.2, -0.15) is 0 Å². The van der Waals surface area contributed by atoms with Crippen LogP contribution in [0.15, 0.2) is 0 Å². The number of aliphatic hydroxyl groups is 1. The van der Waals surface area contributed by atoms with Gasteiger partial charge in [0.2, 0.25) is 0 Å². The van der Waals surface area contributed by atoms with E-state index in [1.807, 2.05) is 0 Å². The summed E-state index contributed by atoms with van der Waals surface area (Å²) in [5, 5.41) is 7.33. The average Bonchev–Trinajstić information content (AvgIpc) is 1.99. The molecule has 108 valence electrons. The number of hydrogen-bond donors (Lipinski definition) is 1. The molecule has 0 spiro atoms. The van der Waals surface area contributed by atoms with Crippen LogP contribution in [-0.4, -0.2) is 11.2 Å². The molecule has 0 saturated carbocycles. The molecule has 11 nitrogen and oxygen atoms in total. The molecule has 17 heteroatoms. The minimum atomic E-state index is -3.51. The Kier molecular flexibility index (Phi) is 32.9. The van der Waals surface area contributed by atoms with Gasteiger partial charge in [-0.05, 0) is 0 Å². The molecular weight excluding hydrogens is 526 g/mol. The van der Waals surface area contributed by atoms with Crippen LogP contribution in [0, 0.1) is 0 Å². The van der Waals surface area contributed by atoms with Crippen molar-refractivity contribution >= 4 is 44.6 Å². The van der Waals surface area contributed by atoms with Crippen LogP contribution in [0.2, 0.25) is 0 Å². The van der Waals surface area contributed by atoms with Crippen molar-refractivity contribution in [3.63, 3.8) is 0 Å². The second-order valence-corrected chi connectivity index (χ2v) is 5.20. The first-order valence-electron chi connectivity index (χ1n) is 3.03. The van der Waals surface area contributed by atoms with Crippen molar-refractivity contribution in [1.29, 1.82) is 0 Å². The fraction of sp³-hybridized carbons (Fsp3) is 1.00. The van der Waals surface area contributed by atoms with E-state index in [1.165, 1.54) is 0 Å². The number of rotatable bonds is 4. The van der Waals surface area contributed by atoms with Crippen LogP contribution in [0.3, 0.4) is 0 Å². The van der Waals surface area contributed by atoms with Gasteiger partial charge in [0.25, 0.3) is 0 Å². The molecule has 0 aromatic heterocycles. The van der Waals surface area contributed by atoms with Crippen molar-refractivity contribution in [3.8, 4) is 0 Å². The van der Waals surface area contributed by atoms with Gasteiger partial charge in [-0.3, -0.25) is 8.62 Å². The van der Waals surface area contributed by atoms with E-state index in [0.29, 0.717) is 0 Å². The maximum Gasteiger partial charge on any atom is 4.00 e. The summed E-state index contributed by atoms with van der Waals surface area (Å²) in [5.41, 5.74) is 0. The van der Waals surface area contributed by atoms with Crippen molar-refractivity contribution in [3.05, 3.63) is 0 Å². The van der Waals surface area contributed by atoms with Crippen molar-refractivity contribution < 1.29 is 77.4 Å². The molecule has 0 aromatic rings. The molecule has 0 aromatic carbocycles. The molecular formula is CH7ClHfO11P4. The first-order valence-corrected chi connectivity index (χ1v) is 8.47. The zero-order chi connectivity index (χ0) is 14.4. The molecule has 1 N–H and O–H groups in total. The van der Waals surface area contributed by atoms with E-state index >= 15 is 0 Å². The first kappa shape index (κ1) is 28.0. The summed E-state index contributed by atoms with van der Waals surface area (Å²) in [5.74, 6) is 0. The molecule has 0 aliphatic rings. The second kappa shape index (κ2) is 21.1. The van der Waals surface area contributed by atoms with Crippen LogP contribution in [-0.2, 0) is 52.7 Å². The van der Waals surface area contributed by atoms with Gasteiger partial charge in [-0.1, -0.05) is 11.6 Å². The smallest absolute Gasteiger partial charge is 0.781 e. The molecule has 4 atom stereocenters. The summed E-state index contributed by atoms with van der Waals surface area (Å²) < 4.78 is 43.6. The Morgan fingerprint density at radius 2 is 0.944 bits per heavy atom.